The minimum Gasteiger partial charge on any atom is -0.311 e. The van der Waals surface area contributed by atoms with E-state index in [4.69, 9.17) is 11.6 Å². The number of hydrogen-bond donors (Lipinski definition) is 0. The number of aryl methyl sites for hydroxylation is 1. The van der Waals surface area contributed by atoms with Gasteiger partial charge in [-0.15, -0.1) is 11.3 Å². The number of fused-ring (bicyclic) bond motifs is 2. The van der Waals surface area contributed by atoms with Gasteiger partial charge < -0.3 is 4.90 Å². The monoisotopic (exact) mass is 467 g/mol. The van der Waals surface area contributed by atoms with Crippen LogP contribution in [0.25, 0.3) is 15.9 Å². The van der Waals surface area contributed by atoms with Crippen molar-refractivity contribution in [3.63, 3.8) is 0 Å². The quantitative estimate of drug-likeness (QED) is 0.307. The molecule has 3 heterocycles. The largest absolute Gasteiger partial charge is 0.311 e. The fourth-order valence-electron chi connectivity index (χ4n) is 3.80. The maximum absolute atomic E-state index is 13.2. The average Bonchev–Trinajstić information content (AvgIpc) is 3.27. The third-order valence-corrected chi connectivity index (χ3v) is 7.34. The first-order chi connectivity index (χ1) is 15.1. The number of thioether (sulfide) groups is 1. The van der Waals surface area contributed by atoms with Gasteiger partial charge in [-0.25, -0.2) is 4.98 Å². The minimum absolute atomic E-state index is 0.0134. The number of para-hydroxylation sites is 1. The second kappa shape index (κ2) is 8.49. The highest BCUT2D eigenvalue weighted by Gasteiger charge is 2.23. The highest BCUT2D eigenvalue weighted by atomic mass is 35.5. The van der Waals surface area contributed by atoms with Gasteiger partial charge in [0, 0.05) is 17.3 Å². The number of carbonyl (C=O) groups is 1. The van der Waals surface area contributed by atoms with Crippen LogP contribution in [0.5, 0.6) is 0 Å². The number of rotatable bonds is 4. The van der Waals surface area contributed by atoms with Crippen LogP contribution in [0.1, 0.15) is 12.0 Å². The molecule has 0 fully saturated rings. The van der Waals surface area contributed by atoms with Gasteiger partial charge in [-0.2, -0.15) is 0 Å². The molecule has 0 radical (unpaired) electrons. The lowest BCUT2D eigenvalue weighted by Crippen LogP contribution is -2.36. The molecule has 0 spiro atoms. The predicted octanol–water partition coefficient (Wildman–Crippen LogP) is 5.17. The van der Waals surface area contributed by atoms with Crippen LogP contribution in [0.15, 0.2) is 69.9 Å². The number of aromatic nitrogens is 2. The topological polar surface area (TPSA) is 55.2 Å². The van der Waals surface area contributed by atoms with Crippen molar-refractivity contribution in [2.45, 2.75) is 18.0 Å². The Balaban J connectivity index is 1.48. The summed E-state index contributed by atoms with van der Waals surface area (Å²) in [6.07, 6.45) is 1.93. The van der Waals surface area contributed by atoms with Crippen molar-refractivity contribution in [1.29, 1.82) is 0 Å². The van der Waals surface area contributed by atoms with Crippen molar-refractivity contribution in [1.82, 2.24) is 9.55 Å². The number of carbonyl (C=O) groups excluding carboxylic acids is 1. The number of benzene rings is 2. The van der Waals surface area contributed by atoms with Gasteiger partial charge in [0.25, 0.3) is 5.56 Å². The second-order valence-corrected chi connectivity index (χ2v) is 9.51. The van der Waals surface area contributed by atoms with E-state index in [0.717, 1.165) is 18.5 Å². The zero-order valence-electron chi connectivity index (χ0n) is 16.5. The van der Waals surface area contributed by atoms with E-state index >= 15 is 0 Å². The first kappa shape index (κ1) is 20.3. The molecule has 0 N–H and O–H groups in total. The van der Waals surface area contributed by atoms with Gasteiger partial charge in [-0.1, -0.05) is 41.6 Å². The summed E-state index contributed by atoms with van der Waals surface area (Å²) in [7, 11) is 0. The molecule has 0 aliphatic carbocycles. The number of nitrogens with zero attached hydrogens (tertiary/aromatic N) is 3. The highest BCUT2D eigenvalue weighted by Crippen LogP contribution is 2.29. The summed E-state index contributed by atoms with van der Waals surface area (Å²) in [4.78, 5) is 32.8. The van der Waals surface area contributed by atoms with E-state index in [1.807, 2.05) is 34.5 Å². The molecule has 2 aromatic carbocycles. The van der Waals surface area contributed by atoms with E-state index in [1.54, 1.807) is 28.8 Å². The van der Waals surface area contributed by atoms with E-state index in [2.05, 4.69) is 11.1 Å². The van der Waals surface area contributed by atoms with Crippen LogP contribution in [0.3, 0.4) is 0 Å². The van der Waals surface area contributed by atoms with E-state index in [0.29, 0.717) is 32.6 Å². The van der Waals surface area contributed by atoms with Crippen LogP contribution < -0.4 is 10.5 Å². The molecule has 0 unspecified atom stereocenters. The van der Waals surface area contributed by atoms with Gasteiger partial charge >= 0.3 is 0 Å². The fraction of sp³-hybridized carbons (Fsp3) is 0.174. The van der Waals surface area contributed by atoms with Crippen LogP contribution in [-0.4, -0.2) is 27.8 Å². The number of anilines is 1. The average molecular weight is 468 g/mol. The van der Waals surface area contributed by atoms with E-state index in [9.17, 15) is 9.59 Å². The Kier molecular flexibility index (Phi) is 5.56. The Hall–Kier alpha value is -2.61. The predicted molar refractivity (Wildman–Crippen MR) is 128 cm³/mol. The summed E-state index contributed by atoms with van der Waals surface area (Å²) >= 11 is 8.68. The lowest BCUT2D eigenvalue weighted by atomic mass is 10.0. The maximum atomic E-state index is 13.2. The highest BCUT2D eigenvalue weighted by molar-refractivity contribution is 7.99. The smallest absolute Gasteiger partial charge is 0.276 e. The summed E-state index contributed by atoms with van der Waals surface area (Å²) < 4.78 is 2.16. The molecular weight excluding hydrogens is 450 g/mol. The normalized spacial score (nSPS) is 13.4. The minimum atomic E-state index is -0.138. The Bertz CT molecular complexity index is 1330. The molecule has 0 saturated carbocycles. The Morgan fingerprint density at radius 3 is 2.77 bits per heavy atom. The van der Waals surface area contributed by atoms with Crippen molar-refractivity contribution in [3.8, 4) is 5.69 Å². The number of thiophene rings is 1. The summed E-state index contributed by atoms with van der Waals surface area (Å²) in [5.74, 6) is 0.212. The Labute approximate surface area is 192 Å². The standard InChI is InChI=1S/C23H18ClN3O2S2/c24-16-7-9-17(10-8-16)27-22(29)21-18(11-13-30-21)25-23(27)31-14-20(28)26-12-3-5-15-4-1-2-6-19(15)26/h1-2,4,6-11,13H,3,5,12,14H2. The van der Waals surface area contributed by atoms with Crippen molar-refractivity contribution in [3.05, 3.63) is 80.9 Å². The Morgan fingerprint density at radius 2 is 1.94 bits per heavy atom. The number of amides is 1. The molecular formula is C23H18ClN3O2S2. The lowest BCUT2D eigenvalue weighted by molar-refractivity contribution is -0.116. The van der Waals surface area contributed by atoms with Gasteiger partial charge in [0.15, 0.2) is 5.16 Å². The van der Waals surface area contributed by atoms with Crippen LogP contribution in [0.4, 0.5) is 5.69 Å². The zero-order valence-corrected chi connectivity index (χ0v) is 18.8. The molecule has 5 rings (SSSR count). The molecule has 1 aliphatic heterocycles. The second-order valence-electron chi connectivity index (χ2n) is 7.21. The van der Waals surface area contributed by atoms with Gasteiger partial charge in [-0.05, 0) is 60.2 Å². The van der Waals surface area contributed by atoms with Gasteiger partial charge in [0.05, 0.1) is 17.0 Å². The summed E-state index contributed by atoms with van der Waals surface area (Å²) in [6.45, 7) is 0.706. The summed E-state index contributed by atoms with van der Waals surface area (Å²) in [5.41, 5.74) is 3.37. The van der Waals surface area contributed by atoms with Gasteiger partial charge in [0.2, 0.25) is 5.91 Å². The maximum Gasteiger partial charge on any atom is 0.276 e. The van der Waals surface area contributed by atoms with Crippen LogP contribution >= 0.6 is 34.7 Å². The molecule has 0 bridgehead atoms. The van der Waals surface area contributed by atoms with Crippen LogP contribution in [0, 0.1) is 0 Å². The van der Waals surface area contributed by atoms with Crippen molar-refractivity contribution in [2.24, 2.45) is 0 Å². The lowest BCUT2D eigenvalue weighted by Gasteiger charge is -2.29. The summed E-state index contributed by atoms with van der Waals surface area (Å²) in [6, 6.07) is 16.9. The SMILES string of the molecule is O=C(CSc1nc2ccsc2c(=O)n1-c1ccc(Cl)cc1)N1CCCc2ccccc21. The third kappa shape index (κ3) is 3.89. The Morgan fingerprint density at radius 1 is 1.13 bits per heavy atom. The molecule has 156 valence electrons. The third-order valence-electron chi connectivity index (χ3n) is 5.27. The molecule has 31 heavy (non-hydrogen) atoms. The fourth-order valence-corrected chi connectivity index (χ4v) is 5.58. The van der Waals surface area contributed by atoms with Crippen LogP contribution in [0.2, 0.25) is 5.02 Å². The molecule has 1 aliphatic rings. The first-order valence-electron chi connectivity index (χ1n) is 9.89. The molecule has 2 aromatic heterocycles. The number of hydrogen-bond acceptors (Lipinski definition) is 5. The molecule has 8 heteroatoms. The van der Waals surface area contributed by atoms with Crippen molar-refractivity contribution in [2.75, 3.05) is 17.2 Å². The molecule has 5 nitrogen and oxygen atoms in total. The number of halogens is 1. The van der Waals surface area contributed by atoms with Gasteiger partial charge in [0.1, 0.15) is 4.70 Å². The molecule has 0 saturated heterocycles. The van der Waals surface area contributed by atoms with Crippen molar-refractivity contribution < 1.29 is 4.79 Å². The van der Waals surface area contributed by atoms with Crippen LogP contribution in [-0.2, 0) is 11.2 Å². The molecule has 0 atom stereocenters. The van der Waals surface area contributed by atoms with Gasteiger partial charge in [-0.3, -0.25) is 14.2 Å². The van der Waals surface area contributed by atoms with E-state index in [-0.39, 0.29) is 17.2 Å². The van der Waals surface area contributed by atoms with Crippen molar-refractivity contribution >= 4 is 56.5 Å². The molecule has 1 amide bonds. The summed E-state index contributed by atoms with van der Waals surface area (Å²) in [5, 5.41) is 2.95. The first-order valence-corrected chi connectivity index (χ1v) is 12.1. The van der Waals surface area contributed by atoms with E-state index < -0.39 is 0 Å². The van der Waals surface area contributed by atoms with E-state index in [1.165, 1.54) is 28.7 Å². The zero-order chi connectivity index (χ0) is 21.4. The molecule has 4 aromatic rings.